The summed E-state index contributed by atoms with van der Waals surface area (Å²) in [5.41, 5.74) is 18.7. The van der Waals surface area contributed by atoms with Crippen LogP contribution in [0.5, 0.6) is 5.75 Å². The Kier molecular flexibility index (Phi) is 4.40. The highest BCUT2D eigenvalue weighted by Gasteiger charge is 2.06. The third-order valence-corrected chi connectivity index (χ3v) is 2.76. The molecule has 0 heterocycles. The summed E-state index contributed by atoms with van der Waals surface area (Å²) in [6.45, 7) is 0. The Hall–Kier alpha value is -3.02. The molecule has 0 radical (unpaired) electrons. The van der Waals surface area contributed by atoms with Gasteiger partial charge >= 0.3 is 0 Å². The minimum absolute atomic E-state index is 0.00971. The first-order chi connectivity index (χ1) is 10.1. The standard InChI is InChI=1S/C15H17N5O/c1-21-13-9-11(19-15(18)20-14(16)17)7-8-12(13)10-5-3-2-4-6-10/h2-9H,1H3,(H6,16,17,18,19,20). The van der Waals surface area contributed by atoms with Crippen molar-refractivity contribution >= 4 is 17.6 Å². The first-order valence-electron chi connectivity index (χ1n) is 6.27. The van der Waals surface area contributed by atoms with Crippen molar-refractivity contribution in [1.82, 2.24) is 0 Å². The third kappa shape index (κ3) is 3.73. The molecule has 2 aromatic carbocycles. The van der Waals surface area contributed by atoms with Gasteiger partial charge in [-0.25, -0.2) is 4.99 Å². The molecule has 2 rings (SSSR count). The molecule has 6 nitrogen and oxygen atoms in total. The summed E-state index contributed by atoms with van der Waals surface area (Å²) in [6, 6.07) is 15.4. The van der Waals surface area contributed by atoms with E-state index in [0.717, 1.165) is 11.1 Å². The molecule has 0 aliphatic carbocycles. The normalized spacial score (nSPS) is 11.0. The van der Waals surface area contributed by atoms with Crippen LogP contribution in [0, 0.1) is 0 Å². The monoisotopic (exact) mass is 283 g/mol. The second-order valence-electron chi connectivity index (χ2n) is 4.26. The summed E-state index contributed by atoms with van der Waals surface area (Å²) >= 11 is 0. The summed E-state index contributed by atoms with van der Waals surface area (Å²) in [5, 5.41) is 0. The smallest absolute Gasteiger partial charge is 0.223 e. The van der Waals surface area contributed by atoms with E-state index in [1.165, 1.54) is 0 Å². The van der Waals surface area contributed by atoms with Crippen molar-refractivity contribution in [2.24, 2.45) is 27.2 Å². The molecule has 0 aromatic heterocycles. The van der Waals surface area contributed by atoms with Crippen LogP contribution in [0.15, 0.2) is 58.5 Å². The molecule has 21 heavy (non-hydrogen) atoms. The maximum absolute atomic E-state index is 5.61. The van der Waals surface area contributed by atoms with Crippen molar-refractivity contribution in [3.05, 3.63) is 48.5 Å². The van der Waals surface area contributed by atoms with Gasteiger partial charge in [0.15, 0.2) is 5.96 Å². The fourth-order valence-electron chi connectivity index (χ4n) is 1.90. The maximum atomic E-state index is 5.61. The Morgan fingerprint density at radius 3 is 2.33 bits per heavy atom. The topological polar surface area (TPSA) is 112 Å². The number of nitrogens with two attached hydrogens (primary N) is 3. The Labute approximate surface area is 123 Å². The summed E-state index contributed by atoms with van der Waals surface area (Å²) in [7, 11) is 1.61. The first kappa shape index (κ1) is 14.4. The van der Waals surface area contributed by atoms with E-state index in [-0.39, 0.29) is 11.9 Å². The molecule has 0 amide bonds. The van der Waals surface area contributed by atoms with Gasteiger partial charge < -0.3 is 21.9 Å². The van der Waals surface area contributed by atoms with Gasteiger partial charge in [0.25, 0.3) is 0 Å². The minimum atomic E-state index is -0.135. The molecular weight excluding hydrogens is 266 g/mol. The summed E-state index contributed by atoms with van der Waals surface area (Å²) in [6.07, 6.45) is 0. The number of methoxy groups -OCH3 is 1. The van der Waals surface area contributed by atoms with Gasteiger partial charge in [0.05, 0.1) is 12.8 Å². The Balaban J connectivity index is 2.40. The van der Waals surface area contributed by atoms with Gasteiger partial charge in [-0.2, -0.15) is 4.99 Å². The van der Waals surface area contributed by atoms with Crippen molar-refractivity contribution in [3.8, 4) is 16.9 Å². The lowest BCUT2D eigenvalue weighted by atomic mass is 10.0. The predicted octanol–water partition coefficient (Wildman–Crippen LogP) is 1.58. The van der Waals surface area contributed by atoms with Crippen molar-refractivity contribution < 1.29 is 4.74 Å². The van der Waals surface area contributed by atoms with Crippen LogP contribution in [0.25, 0.3) is 11.1 Å². The van der Waals surface area contributed by atoms with Crippen LogP contribution in [0.3, 0.4) is 0 Å². The first-order valence-corrected chi connectivity index (χ1v) is 6.27. The molecule has 0 aliphatic heterocycles. The van der Waals surface area contributed by atoms with Gasteiger partial charge in [-0.05, 0) is 17.7 Å². The maximum Gasteiger partial charge on any atom is 0.223 e. The van der Waals surface area contributed by atoms with E-state index in [2.05, 4.69) is 9.98 Å². The molecule has 6 heteroatoms. The number of aliphatic imine (C=N–C) groups is 2. The molecule has 0 unspecified atom stereocenters. The van der Waals surface area contributed by atoms with Gasteiger partial charge in [-0.15, -0.1) is 0 Å². The number of benzene rings is 2. The SMILES string of the molecule is COc1cc(N=C(N)N=C(N)N)ccc1-c1ccccc1. The van der Waals surface area contributed by atoms with Gasteiger partial charge in [-0.1, -0.05) is 30.3 Å². The molecule has 0 aliphatic rings. The van der Waals surface area contributed by atoms with Crippen LogP contribution in [0.2, 0.25) is 0 Å². The van der Waals surface area contributed by atoms with Gasteiger partial charge in [0.1, 0.15) is 5.75 Å². The predicted molar refractivity (Wildman–Crippen MR) is 85.5 cm³/mol. The highest BCUT2D eigenvalue weighted by atomic mass is 16.5. The number of nitrogens with zero attached hydrogens (tertiary/aromatic N) is 2. The zero-order valence-electron chi connectivity index (χ0n) is 11.7. The Morgan fingerprint density at radius 2 is 1.71 bits per heavy atom. The molecule has 0 atom stereocenters. The van der Waals surface area contributed by atoms with Gasteiger partial charge in [0.2, 0.25) is 5.96 Å². The Bertz CT molecular complexity index is 676. The molecule has 0 saturated carbocycles. The van der Waals surface area contributed by atoms with Crippen LogP contribution in [-0.2, 0) is 0 Å². The fourth-order valence-corrected chi connectivity index (χ4v) is 1.90. The highest BCUT2D eigenvalue weighted by Crippen LogP contribution is 2.33. The summed E-state index contributed by atoms with van der Waals surface area (Å²) < 4.78 is 5.41. The van der Waals surface area contributed by atoms with Gasteiger partial charge in [-0.3, -0.25) is 0 Å². The third-order valence-electron chi connectivity index (χ3n) is 2.76. The second kappa shape index (κ2) is 6.42. The summed E-state index contributed by atoms with van der Waals surface area (Å²) in [4.78, 5) is 7.78. The van der Waals surface area contributed by atoms with E-state index in [0.29, 0.717) is 11.4 Å². The molecule has 2 aromatic rings. The van der Waals surface area contributed by atoms with E-state index in [1.807, 2.05) is 42.5 Å². The summed E-state index contributed by atoms with van der Waals surface area (Å²) in [5.74, 6) is 0.550. The van der Waals surface area contributed by atoms with E-state index in [9.17, 15) is 0 Å². The number of ether oxygens (including phenoxy) is 1. The van der Waals surface area contributed by atoms with E-state index in [4.69, 9.17) is 21.9 Å². The van der Waals surface area contributed by atoms with E-state index in [1.54, 1.807) is 13.2 Å². The largest absolute Gasteiger partial charge is 0.496 e. The van der Waals surface area contributed by atoms with Crippen LogP contribution in [0.1, 0.15) is 0 Å². The average molecular weight is 283 g/mol. The van der Waals surface area contributed by atoms with Crippen LogP contribution >= 0.6 is 0 Å². The zero-order chi connectivity index (χ0) is 15.2. The van der Waals surface area contributed by atoms with Crippen molar-refractivity contribution in [3.63, 3.8) is 0 Å². The van der Waals surface area contributed by atoms with Crippen LogP contribution in [0.4, 0.5) is 5.69 Å². The fraction of sp³-hybridized carbons (Fsp3) is 0.0667. The molecule has 6 N–H and O–H groups in total. The molecule has 0 fully saturated rings. The number of rotatable bonds is 3. The zero-order valence-corrected chi connectivity index (χ0v) is 11.7. The van der Waals surface area contributed by atoms with E-state index >= 15 is 0 Å². The lowest BCUT2D eigenvalue weighted by Crippen LogP contribution is -2.26. The highest BCUT2D eigenvalue weighted by molar-refractivity contribution is 5.93. The molecule has 108 valence electrons. The average Bonchev–Trinajstić information content (AvgIpc) is 2.47. The lowest BCUT2D eigenvalue weighted by molar-refractivity contribution is 0.416. The lowest BCUT2D eigenvalue weighted by Gasteiger charge is -2.09. The number of hydrogen-bond acceptors (Lipinski definition) is 2. The number of guanidine groups is 2. The minimum Gasteiger partial charge on any atom is -0.496 e. The Morgan fingerprint density at radius 1 is 1.00 bits per heavy atom. The van der Waals surface area contributed by atoms with Crippen molar-refractivity contribution in [1.29, 1.82) is 0 Å². The van der Waals surface area contributed by atoms with Crippen molar-refractivity contribution in [2.45, 2.75) is 0 Å². The van der Waals surface area contributed by atoms with Gasteiger partial charge in [0, 0.05) is 11.6 Å². The number of hydrogen-bond donors (Lipinski definition) is 3. The molecular formula is C15H17N5O. The van der Waals surface area contributed by atoms with Crippen molar-refractivity contribution in [2.75, 3.05) is 7.11 Å². The molecule has 0 saturated heterocycles. The van der Waals surface area contributed by atoms with Crippen LogP contribution < -0.4 is 21.9 Å². The van der Waals surface area contributed by atoms with E-state index < -0.39 is 0 Å². The molecule has 0 bridgehead atoms. The van der Waals surface area contributed by atoms with Crippen LogP contribution in [-0.4, -0.2) is 19.0 Å². The molecule has 0 spiro atoms. The quantitative estimate of drug-likeness (QED) is 0.586. The second-order valence-corrected chi connectivity index (χ2v) is 4.26.